The SMILES string of the molecule is FC(F)(F)C1(C2C=CC=CC2)CC1. The Labute approximate surface area is 75.1 Å². The molecule has 0 radical (unpaired) electrons. The quantitative estimate of drug-likeness (QED) is 0.591. The third-order valence-electron chi connectivity index (χ3n) is 3.04. The summed E-state index contributed by atoms with van der Waals surface area (Å²) in [6.07, 6.45) is 4.17. The molecule has 0 heterocycles. The highest BCUT2D eigenvalue weighted by atomic mass is 19.4. The summed E-state index contributed by atoms with van der Waals surface area (Å²) < 4.78 is 37.9. The molecular weight excluding hydrogens is 177 g/mol. The van der Waals surface area contributed by atoms with Gasteiger partial charge in [0.1, 0.15) is 0 Å². The van der Waals surface area contributed by atoms with Gasteiger partial charge in [-0.1, -0.05) is 24.3 Å². The molecule has 1 saturated carbocycles. The van der Waals surface area contributed by atoms with E-state index in [9.17, 15) is 13.2 Å². The molecule has 0 spiro atoms. The van der Waals surface area contributed by atoms with E-state index in [4.69, 9.17) is 0 Å². The second kappa shape index (κ2) is 2.63. The minimum atomic E-state index is -4.02. The second-order valence-corrected chi connectivity index (χ2v) is 3.81. The molecular formula is C10H11F3. The molecule has 0 amide bonds. The van der Waals surface area contributed by atoms with Gasteiger partial charge in [-0.15, -0.1) is 0 Å². The summed E-state index contributed by atoms with van der Waals surface area (Å²) in [5.74, 6) is -0.322. The van der Waals surface area contributed by atoms with Crippen LogP contribution in [-0.2, 0) is 0 Å². The molecule has 0 aromatic heterocycles. The van der Waals surface area contributed by atoms with E-state index in [-0.39, 0.29) is 5.92 Å². The predicted molar refractivity (Wildman–Crippen MR) is 44.1 cm³/mol. The van der Waals surface area contributed by atoms with E-state index in [1.54, 1.807) is 12.2 Å². The normalized spacial score (nSPS) is 30.5. The van der Waals surface area contributed by atoms with Crippen molar-refractivity contribution in [2.75, 3.05) is 0 Å². The first-order valence-corrected chi connectivity index (χ1v) is 4.46. The van der Waals surface area contributed by atoms with Gasteiger partial charge in [0.25, 0.3) is 0 Å². The van der Waals surface area contributed by atoms with Gasteiger partial charge in [0.15, 0.2) is 0 Å². The predicted octanol–water partition coefficient (Wildman–Crippen LogP) is 3.46. The molecule has 1 unspecified atom stereocenters. The molecule has 2 aliphatic carbocycles. The highest BCUT2D eigenvalue weighted by Crippen LogP contribution is 2.63. The molecule has 2 rings (SSSR count). The van der Waals surface area contributed by atoms with E-state index in [2.05, 4.69) is 0 Å². The van der Waals surface area contributed by atoms with Crippen LogP contribution in [0.25, 0.3) is 0 Å². The van der Waals surface area contributed by atoms with Crippen molar-refractivity contribution in [3.63, 3.8) is 0 Å². The lowest BCUT2D eigenvalue weighted by Gasteiger charge is -2.26. The minimum Gasteiger partial charge on any atom is -0.170 e. The highest BCUT2D eigenvalue weighted by molar-refractivity contribution is 5.18. The van der Waals surface area contributed by atoms with Crippen molar-refractivity contribution in [3.05, 3.63) is 24.3 Å². The summed E-state index contributed by atoms with van der Waals surface area (Å²) in [5.41, 5.74) is -1.38. The van der Waals surface area contributed by atoms with Gasteiger partial charge in [-0.2, -0.15) is 13.2 Å². The van der Waals surface area contributed by atoms with Crippen LogP contribution in [-0.4, -0.2) is 6.18 Å². The number of hydrogen-bond acceptors (Lipinski definition) is 0. The fourth-order valence-electron chi connectivity index (χ4n) is 1.99. The maximum atomic E-state index is 12.6. The van der Waals surface area contributed by atoms with Gasteiger partial charge in [-0.05, 0) is 25.2 Å². The summed E-state index contributed by atoms with van der Waals surface area (Å²) in [7, 11) is 0. The van der Waals surface area contributed by atoms with Crippen molar-refractivity contribution in [1.82, 2.24) is 0 Å². The number of allylic oxidation sites excluding steroid dienone is 4. The third kappa shape index (κ3) is 1.30. The molecule has 2 aliphatic rings. The monoisotopic (exact) mass is 188 g/mol. The van der Waals surface area contributed by atoms with E-state index >= 15 is 0 Å². The molecule has 0 aromatic carbocycles. The number of halogens is 3. The van der Waals surface area contributed by atoms with Crippen LogP contribution in [0.2, 0.25) is 0 Å². The van der Waals surface area contributed by atoms with E-state index in [0.717, 1.165) is 0 Å². The van der Waals surface area contributed by atoms with E-state index < -0.39 is 11.6 Å². The maximum absolute atomic E-state index is 12.6. The first-order valence-electron chi connectivity index (χ1n) is 4.46. The van der Waals surface area contributed by atoms with Crippen LogP contribution in [0.3, 0.4) is 0 Å². The molecule has 1 fully saturated rings. The lowest BCUT2D eigenvalue weighted by atomic mass is 9.83. The van der Waals surface area contributed by atoms with E-state index in [1.165, 1.54) is 0 Å². The van der Waals surface area contributed by atoms with Gasteiger partial charge >= 0.3 is 6.18 Å². The Bertz CT molecular complexity index is 256. The van der Waals surface area contributed by atoms with Gasteiger partial charge in [-0.25, -0.2) is 0 Å². The van der Waals surface area contributed by atoms with Crippen molar-refractivity contribution in [2.24, 2.45) is 11.3 Å². The zero-order valence-corrected chi connectivity index (χ0v) is 7.14. The molecule has 0 N–H and O–H groups in total. The molecule has 3 heteroatoms. The van der Waals surface area contributed by atoms with Crippen LogP contribution in [0.1, 0.15) is 19.3 Å². The summed E-state index contributed by atoms with van der Waals surface area (Å²) in [6.45, 7) is 0. The molecule has 0 saturated heterocycles. The molecule has 0 aliphatic heterocycles. The zero-order valence-electron chi connectivity index (χ0n) is 7.14. The van der Waals surface area contributed by atoms with Crippen LogP contribution < -0.4 is 0 Å². The Morgan fingerprint density at radius 2 is 1.85 bits per heavy atom. The average molecular weight is 188 g/mol. The van der Waals surface area contributed by atoms with Gasteiger partial charge in [0.2, 0.25) is 0 Å². The molecule has 0 nitrogen and oxygen atoms in total. The van der Waals surface area contributed by atoms with Crippen molar-refractivity contribution in [3.8, 4) is 0 Å². The lowest BCUT2D eigenvalue weighted by Crippen LogP contribution is -2.31. The molecule has 13 heavy (non-hydrogen) atoms. The third-order valence-corrected chi connectivity index (χ3v) is 3.04. The molecule has 0 aromatic rings. The lowest BCUT2D eigenvalue weighted by molar-refractivity contribution is -0.197. The average Bonchev–Trinajstić information content (AvgIpc) is 2.84. The van der Waals surface area contributed by atoms with E-state index in [1.807, 2.05) is 12.2 Å². The Hall–Kier alpha value is -0.730. The fraction of sp³-hybridized carbons (Fsp3) is 0.600. The fourth-order valence-corrected chi connectivity index (χ4v) is 1.99. The van der Waals surface area contributed by atoms with Crippen LogP contribution in [0.15, 0.2) is 24.3 Å². The summed E-state index contributed by atoms with van der Waals surface area (Å²) in [5, 5.41) is 0. The first kappa shape index (κ1) is 8.85. The van der Waals surface area contributed by atoms with Crippen molar-refractivity contribution in [2.45, 2.75) is 25.4 Å². The van der Waals surface area contributed by atoms with Crippen molar-refractivity contribution < 1.29 is 13.2 Å². The van der Waals surface area contributed by atoms with Crippen LogP contribution in [0.5, 0.6) is 0 Å². The van der Waals surface area contributed by atoms with Gasteiger partial charge < -0.3 is 0 Å². The Morgan fingerprint density at radius 1 is 1.15 bits per heavy atom. The summed E-state index contributed by atoms with van der Waals surface area (Å²) in [4.78, 5) is 0. The van der Waals surface area contributed by atoms with Gasteiger partial charge in [0, 0.05) is 0 Å². The van der Waals surface area contributed by atoms with Crippen LogP contribution in [0, 0.1) is 11.3 Å². The number of alkyl halides is 3. The number of hydrogen-bond donors (Lipinski definition) is 0. The number of rotatable bonds is 1. The zero-order chi connectivity index (χ0) is 9.53. The van der Waals surface area contributed by atoms with Gasteiger partial charge in [-0.3, -0.25) is 0 Å². The molecule has 1 atom stereocenters. The van der Waals surface area contributed by atoms with Gasteiger partial charge in [0.05, 0.1) is 5.41 Å². The Balaban J connectivity index is 2.16. The van der Waals surface area contributed by atoms with Crippen LogP contribution in [0.4, 0.5) is 13.2 Å². The topological polar surface area (TPSA) is 0 Å². The summed E-state index contributed by atoms with van der Waals surface area (Å²) in [6, 6.07) is 0. The summed E-state index contributed by atoms with van der Waals surface area (Å²) >= 11 is 0. The van der Waals surface area contributed by atoms with Crippen molar-refractivity contribution >= 4 is 0 Å². The Kier molecular flexibility index (Phi) is 1.79. The first-order chi connectivity index (χ1) is 6.06. The smallest absolute Gasteiger partial charge is 0.170 e. The Morgan fingerprint density at radius 3 is 2.23 bits per heavy atom. The molecule has 0 bridgehead atoms. The maximum Gasteiger partial charge on any atom is 0.395 e. The second-order valence-electron chi connectivity index (χ2n) is 3.81. The molecule has 72 valence electrons. The standard InChI is InChI=1S/C10H11F3/c11-10(12,13)9(6-7-9)8-4-2-1-3-5-8/h1-4,8H,5-7H2. The largest absolute Gasteiger partial charge is 0.395 e. The van der Waals surface area contributed by atoms with Crippen LogP contribution >= 0.6 is 0 Å². The minimum absolute atomic E-state index is 0.305. The van der Waals surface area contributed by atoms with Crippen molar-refractivity contribution in [1.29, 1.82) is 0 Å². The highest BCUT2D eigenvalue weighted by Gasteiger charge is 2.66. The van der Waals surface area contributed by atoms with E-state index in [0.29, 0.717) is 19.3 Å².